The molecule has 1 saturated heterocycles. The second kappa shape index (κ2) is 6.71. The van der Waals surface area contributed by atoms with Gasteiger partial charge in [0.1, 0.15) is 0 Å². The van der Waals surface area contributed by atoms with E-state index in [1.54, 1.807) is 6.08 Å². The number of esters is 1. The van der Waals surface area contributed by atoms with Crippen LogP contribution in [0.15, 0.2) is 12.2 Å². The van der Waals surface area contributed by atoms with Gasteiger partial charge in [0, 0.05) is 6.54 Å². The highest BCUT2D eigenvalue weighted by molar-refractivity contribution is 5.86. The molecule has 7 heteroatoms. The molecular formula is C14H19NO6. The Morgan fingerprint density at radius 2 is 1.90 bits per heavy atom. The van der Waals surface area contributed by atoms with Crippen LogP contribution in [0.25, 0.3) is 0 Å². The molecule has 3 unspecified atom stereocenters. The van der Waals surface area contributed by atoms with Gasteiger partial charge in [-0.15, -0.1) is 0 Å². The summed E-state index contributed by atoms with van der Waals surface area (Å²) in [6.45, 7) is 0.711. The zero-order valence-electron chi connectivity index (χ0n) is 11.9. The van der Waals surface area contributed by atoms with Gasteiger partial charge in [-0.05, 0) is 12.8 Å². The highest BCUT2D eigenvalue weighted by Crippen LogP contribution is 2.28. The van der Waals surface area contributed by atoms with Crippen molar-refractivity contribution < 1.29 is 29.0 Å². The molecule has 0 aromatic carbocycles. The van der Waals surface area contributed by atoms with Gasteiger partial charge in [0.2, 0.25) is 5.91 Å². The van der Waals surface area contributed by atoms with Crippen molar-refractivity contribution in [3.8, 4) is 0 Å². The Morgan fingerprint density at radius 1 is 1.24 bits per heavy atom. The summed E-state index contributed by atoms with van der Waals surface area (Å²) in [7, 11) is 1.26. The summed E-state index contributed by atoms with van der Waals surface area (Å²) in [5.74, 6) is -3.00. The number of hydrogen-bond donors (Lipinski definition) is 1. The maximum atomic E-state index is 12.5. The molecule has 1 fully saturated rings. The van der Waals surface area contributed by atoms with Crippen molar-refractivity contribution in [2.75, 3.05) is 26.8 Å². The van der Waals surface area contributed by atoms with E-state index in [1.807, 2.05) is 6.08 Å². The third-order valence-electron chi connectivity index (χ3n) is 3.91. The second-order valence-electron chi connectivity index (χ2n) is 5.16. The molecule has 0 radical (unpaired) electrons. The SMILES string of the molecule is COC(=O)C1CN(C(=O)C2CC=CCC2C(=O)O)CCO1. The van der Waals surface area contributed by atoms with Crippen molar-refractivity contribution in [2.45, 2.75) is 18.9 Å². The number of allylic oxidation sites excluding steroid dienone is 2. The van der Waals surface area contributed by atoms with E-state index in [1.165, 1.54) is 12.0 Å². The van der Waals surface area contributed by atoms with E-state index in [9.17, 15) is 19.5 Å². The summed E-state index contributed by atoms with van der Waals surface area (Å²) in [6.07, 6.45) is 3.60. The molecule has 1 amide bonds. The number of carbonyl (C=O) groups excluding carboxylic acids is 2. The van der Waals surface area contributed by atoms with Crippen molar-refractivity contribution >= 4 is 17.8 Å². The van der Waals surface area contributed by atoms with Gasteiger partial charge in [-0.3, -0.25) is 9.59 Å². The lowest BCUT2D eigenvalue weighted by Gasteiger charge is -2.35. The van der Waals surface area contributed by atoms with Gasteiger partial charge in [0.25, 0.3) is 0 Å². The molecule has 116 valence electrons. The van der Waals surface area contributed by atoms with Crippen molar-refractivity contribution in [2.24, 2.45) is 11.8 Å². The van der Waals surface area contributed by atoms with E-state index in [0.717, 1.165) is 0 Å². The lowest BCUT2D eigenvalue weighted by Crippen LogP contribution is -2.52. The zero-order valence-corrected chi connectivity index (χ0v) is 11.9. The Balaban J connectivity index is 2.06. The fourth-order valence-electron chi connectivity index (χ4n) is 2.72. The summed E-state index contributed by atoms with van der Waals surface area (Å²) >= 11 is 0. The molecule has 3 atom stereocenters. The largest absolute Gasteiger partial charge is 0.481 e. The van der Waals surface area contributed by atoms with Gasteiger partial charge < -0.3 is 19.5 Å². The van der Waals surface area contributed by atoms with Gasteiger partial charge in [-0.25, -0.2) is 4.79 Å². The third-order valence-corrected chi connectivity index (χ3v) is 3.91. The number of rotatable bonds is 3. The lowest BCUT2D eigenvalue weighted by molar-refractivity contribution is -0.165. The van der Waals surface area contributed by atoms with Crippen LogP contribution < -0.4 is 0 Å². The summed E-state index contributed by atoms with van der Waals surface area (Å²) in [4.78, 5) is 36.8. The molecule has 21 heavy (non-hydrogen) atoms. The summed E-state index contributed by atoms with van der Waals surface area (Å²) in [5.41, 5.74) is 0. The van der Waals surface area contributed by atoms with E-state index in [-0.39, 0.29) is 19.1 Å². The number of hydrogen-bond acceptors (Lipinski definition) is 5. The minimum atomic E-state index is -0.963. The molecular weight excluding hydrogens is 278 g/mol. The molecule has 0 aromatic rings. The monoisotopic (exact) mass is 297 g/mol. The van der Waals surface area contributed by atoms with Crippen LogP contribution in [0.5, 0.6) is 0 Å². The number of nitrogens with zero attached hydrogens (tertiary/aromatic N) is 1. The molecule has 1 aliphatic carbocycles. The van der Waals surface area contributed by atoms with Crippen LogP contribution >= 0.6 is 0 Å². The number of carbonyl (C=O) groups is 3. The van der Waals surface area contributed by atoms with Crippen molar-refractivity contribution in [1.82, 2.24) is 4.90 Å². The Morgan fingerprint density at radius 3 is 2.52 bits per heavy atom. The zero-order chi connectivity index (χ0) is 15.4. The molecule has 1 aliphatic heterocycles. The van der Waals surface area contributed by atoms with Crippen LogP contribution in [0, 0.1) is 11.8 Å². The molecule has 1 N–H and O–H groups in total. The maximum Gasteiger partial charge on any atom is 0.336 e. The Hall–Kier alpha value is -1.89. The Labute approximate surface area is 122 Å². The first-order valence-electron chi connectivity index (χ1n) is 6.90. The van der Waals surface area contributed by atoms with Gasteiger partial charge in [0.15, 0.2) is 6.10 Å². The highest BCUT2D eigenvalue weighted by atomic mass is 16.6. The predicted molar refractivity (Wildman–Crippen MR) is 71.3 cm³/mol. The number of morpholine rings is 1. The van der Waals surface area contributed by atoms with Crippen LogP contribution in [0.2, 0.25) is 0 Å². The van der Waals surface area contributed by atoms with E-state index in [4.69, 9.17) is 4.74 Å². The van der Waals surface area contributed by atoms with Crippen molar-refractivity contribution in [3.63, 3.8) is 0 Å². The van der Waals surface area contributed by atoms with Gasteiger partial charge in [-0.2, -0.15) is 0 Å². The van der Waals surface area contributed by atoms with Gasteiger partial charge >= 0.3 is 11.9 Å². The molecule has 0 aromatic heterocycles. The molecule has 0 spiro atoms. The first-order chi connectivity index (χ1) is 10.0. The molecule has 0 saturated carbocycles. The smallest absolute Gasteiger partial charge is 0.336 e. The van der Waals surface area contributed by atoms with Crippen LogP contribution in [0.1, 0.15) is 12.8 Å². The summed E-state index contributed by atoms with van der Waals surface area (Å²) < 4.78 is 9.89. The van der Waals surface area contributed by atoms with E-state index in [2.05, 4.69) is 4.74 Å². The quantitative estimate of drug-likeness (QED) is 0.584. The van der Waals surface area contributed by atoms with Crippen LogP contribution in [0.4, 0.5) is 0 Å². The number of carboxylic acids is 1. The number of methoxy groups -OCH3 is 1. The number of amides is 1. The molecule has 1 heterocycles. The number of ether oxygens (including phenoxy) is 2. The molecule has 7 nitrogen and oxygen atoms in total. The van der Waals surface area contributed by atoms with E-state index in [0.29, 0.717) is 19.4 Å². The Kier molecular flexibility index (Phi) is 4.95. The van der Waals surface area contributed by atoms with E-state index < -0.39 is 29.9 Å². The number of carboxylic acid groups (broad SMARTS) is 1. The first kappa shape index (κ1) is 15.5. The van der Waals surface area contributed by atoms with Crippen LogP contribution in [0.3, 0.4) is 0 Å². The minimum absolute atomic E-state index is 0.109. The Bertz CT molecular complexity index is 460. The maximum absolute atomic E-state index is 12.5. The van der Waals surface area contributed by atoms with Gasteiger partial charge in [-0.1, -0.05) is 12.2 Å². The summed E-state index contributed by atoms with van der Waals surface area (Å²) in [6, 6.07) is 0. The van der Waals surface area contributed by atoms with Crippen molar-refractivity contribution in [3.05, 3.63) is 12.2 Å². The third kappa shape index (κ3) is 3.41. The average Bonchev–Trinajstić information content (AvgIpc) is 2.53. The second-order valence-corrected chi connectivity index (χ2v) is 5.16. The van der Waals surface area contributed by atoms with E-state index >= 15 is 0 Å². The standard InChI is InChI=1S/C14H19NO6/c1-20-14(19)11-8-15(6-7-21-11)12(16)9-4-2-3-5-10(9)13(17)18/h2-3,9-11H,4-8H2,1H3,(H,17,18). The first-order valence-corrected chi connectivity index (χ1v) is 6.90. The average molecular weight is 297 g/mol. The molecule has 2 rings (SSSR count). The highest BCUT2D eigenvalue weighted by Gasteiger charge is 2.39. The summed E-state index contributed by atoms with van der Waals surface area (Å²) in [5, 5.41) is 9.23. The topological polar surface area (TPSA) is 93.1 Å². The molecule has 0 bridgehead atoms. The molecule has 2 aliphatic rings. The number of aliphatic carboxylic acids is 1. The fourth-order valence-corrected chi connectivity index (χ4v) is 2.72. The normalized spacial score (nSPS) is 29.0. The minimum Gasteiger partial charge on any atom is -0.481 e. The van der Waals surface area contributed by atoms with Crippen LogP contribution in [-0.4, -0.2) is 60.8 Å². The lowest BCUT2D eigenvalue weighted by atomic mass is 9.82. The van der Waals surface area contributed by atoms with Gasteiger partial charge in [0.05, 0.1) is 32.1 Å². The fraction of sp³-hybridized carbons (Fsp3) is 0.643. The predicted octanol–water partition coefficient (Wildman–Crippen LogP) is 0.0538. The van der Waals surface area contributed by atoms with Crippen LogP contribution in [-0.2, 0) is 23.9 Å². The van der Waals surface area contributed by atoms with Crippen molar-refractivity contribution in [1.29, 1.82) is 0 Å².